The average Bonchev–Trinajstić information content (AvgIpc) is 2.62. The molecule has 1 aromatic rings. The molecule has 1 amide bonds. The van der Waals surface area contributed by atoms with Crippen LogP contribution in [0.4, 0.5) is 0 Å². The van der Waals surface area contributed by atoms with Crippen LogP contribution in [0.3, 0.4) is 0 Å². The van der Waals surface area contributed by atoms with E-state index < -0.39 is 11.7 Å². The minimum atomic E-state index is -1.28. The quantitative estimate of drug-likeness (QED) is 0.833. The molecule has 0 spiro atoms. The number of nitrogens with zero attached hydrogens (tertiary/aromatic N) is 2. The van der Waals surface area contributed by atoms with Crippen molar-refractivity contribution in [1.29, 1.82) is 0 Å². The Hall–Kier alpha value is -1.63. The van der Waals surface area contributed by atoms with Crippen molar-refractivity contribution in [2.45, 2.75) is 57.8 Å². The van der Waals surface area contributed by atoms with Crippen LogP contribution >= 0.6 is 0 Å². The number of amides is 1. The number of ether oxygens (including phenoxy) is 1. The van der Waals surface area contributed by atoms with E-state index in [2.05, 4.69) is 11.0 Å². The zero-order chi connectivity index (χ0) is 19.6. The smallest absolute Gasteiger partial charge is 0.219 e. The molecule has 3 rings (SSSR count). The van der Waals surface area contributed by atoms with Crippen molar-refractivity contribution in [3.8, 4) is 5.75 Å². The highest BCUT2D eigenvalue weighted by Gasteiger charge is 2.44. The third kappa shape index (κ3) is 4.81. The van der Waals surface area contributed by atoms with Gasteiger partial charge in [-0.25, -0.2) is 0 Å². The summed E-state index contributed by atoms with van der Waals surface area (Å²) in [6, 6.07) is 6.30. The molecular formula is C21H32N2O4. The zero-order valence-corrected chi connectivity index (χ0v) is 16.6. The molecule has 0 bridgehead atoms. The third-order valence-corrected chi connectivity index (χ3v) is 5.90. The first kappa shape index (κ1) is 20.1. The number of hydrogen-bond donors (Lipinski definition) is 2. The summed E-state index contributed by atoms with van der Waals surface area (Å²) >= 11 is 0. The van der Waals surface area contributed by atoms with E-state index in [-0.39, 0.29) is 12.5 Å². The molecule has 2 saturated heterocycles. The van der Waals surface area contributed by atoms with Crippen molar-refractivity contribution < 1.29 is 19.7 Å². The van der Waals surface area contributed by atoms with Crippen molar-refractivity contribution >= 4 is 5.91 Å². The zero-order valence-electron chi connectivity index (χ0n) is 16.6. The number of rotatable bonds is 4. The maximum absolute atomic E-state index is 11.5. The van der Waals surface area contributed by atoms with E-state index in [9.17, 15) is 15.0 Å². The minimum absolute atomic E-state index is 0.0693. The first-order valence-corrected chi connectivity index (χ1v) is 9.88. The fourth-order valence-electron chi connectivity index (χ4n) is 4.32. The van der Waals surface area contributed by atoms with Gasteiger partial charge < -0.3 is 19.8 Å². The summed E-state index contributed by atoms with van der Waals surface area (Å²) in [6.45, 7) is 8.38. The molecule has 0 radical (unpaired) electrons. The summed E-state index contributed by atoms with van der Waals surface area (Å²) in [5, 5.41) is 21.5. The van der Waals surface area contributed by atoms with Crippen LogP contribution in [0.2, 0.25) is 0 Å². The molecule has 150 valence electrons. The van der Waals surface area contributed by atoms with Crippen LogP contribution in [0, 0.1) is 13.8 Å². The number of benzene rings is 1. The number of piperidine rings is 2. The predicted octanol–water partition coefficient (Wildman–Crippen LogP) is 1.49. The lowest BCUT2D eigenvalue weighted by Gasteiger charge is -2.47. The van der Waals surface area contributed by atoms with E-state index in [1.807, 2.05) is 30.9 Å². The van der Waals surface area contributed by atoms with E-state index in [0.717, 1.165) is 49.4 Å². The highest BCUT2D eigenvalue weighted by Crippen LogP contribution is 2.28. The number of β-amino-alcohol motifs (C(OH)–C–C–N with tert-alkyl or cyclic N) is 1. The van der Waals surface area contributed by atoms with E-state index in [0.29, 0.717) is 19.0 Å². The summed E-state index contributed by atoms with van der Waals surface area (Å²) in [7, 11) is 0. The number of hydrogen-bond acceptors (Lipinski definition) is 5. The summed E-state index contributed by atoms with van der Waals surface area (Å²) in [5.41, 5.74) is 0.938. The molecule has 0 saturated carbocycles. The Morgan fingerprint density at radius 1 is 1.15 bits per heavy atom. The summed E-state index contributed by atoms with van der Waals surface area (Å²) < 4.78 is 5.88. The fourth-order valence-corrected chi connectivity index (χ4v) is 4.32. The summed E-state index contributed by atoms with van der Waals surface area (Å²) in [6.07, 6.45) is 1.55. The first-order valence-electron chi connectivity index (χ1n) is 9.88. The average molecular weight is 376 g/mol. The largest absolute Gasteiger partial charge is 0.490 e. The lowest BCUT2D eigenvalue weighted by atomic mass is 9.88. The first-order chi connectivity index (χ1) is 12.8. The van der Waals surface area contributed by atoms with Gasteiger partial charge >= 0.3 is 0 Å². The van der Waals surface area contributed by atoms with Gasteiger partial charge in [-0.2, -0.15) is 0 Å². The van der Waals surface area contributed by atoms with Gasteiger partial charge in [0.1, 0.15) is 18.0 Å². The second-order valence-corrected chi connectivity index (χ2v) is 8.23. The van der Waals surface area contributed by atoms with Gasteiger partial charge in [-0.1, -0.05) is 6.07 Å². The topological polar surface area (TPSA) is 73.2 Å². The predicted molar refractivity (Wildman–Crippen MR) is 104 cm³/mol. The Labute approximate surface area is 161 Å². The van der Waals surface area contributed by atoms with E-state index in [1.165, 1.54) is 0 Å². The van der Waals surface area contributed by atoms with Gasteiger partial charge in [0, 0.05) is 39.1 Å². The number of aryl methyl sites for hydroxylation is 2. The molecule has 1 aromatic carbocycles. The molecule has 0 aliphatic carbocycles. The Balaban J connectivity index is 1.61. The molecule has 6 nitrogen and oxygen atoms in total. The maximum Gasteiger partial charge on any atom is 0.219 e. The number of carbonyl (C=O) groups excluding carboxylic acids is 1. The van der Waals surface area contributed by atoms with Gasteiger partial charge in [-0.05, 0) is 56.4 Å². The van der Waals surface area contributed by atoms with Gasteiger partial charge in [-0.15, -0.1) is 0 Å². The van der Waals surface area contributed by atoms with Crippen LogP contribution in [-0.4, -0.2) is 76.5 Å². The van der Waals surface area contributed by atoms with Gasteiger partial charge in [-0.3, -0.25) is 9.69 Å². The van der Waals surface area contributed by atoms with E-state index in [4.69, 9.17) is 4.74 Å². The molecule has 2 atom stereocenters. The normalized spacial score (nSPS) is 27.6. The monoisotopic (exact) mass is 376 g/mol. The standard InChI is InChI=1S/C21H32N2O4/c1-15-10-16(2)12-19(11-15)27-14-21(26)13-23(9-6-20(21)25)18-4-7-22(8-5-18)17(3)24/h10-12,18,20,25-26H,4-9,13-14H2,1-3H3/t20-,21-/m0/s1. The Morgan fingerprint density at radius 3 is 2.37 bits per heavy atom. The van der Waals surface area contributed by atoms with Gasteiger partial charge in [0.2, 0.25) is 5.91 Å². The Kier molecular flexibility index (Phi) is 6.08. The Morgan fingerprint density at radius 2 is 1.78 bits per heavy atom. The van der Waals surface area contributed by atoms with Crippen LogP contribution < -0.4 is 4.74 Å². The fraction of sp³-hybridized carbons (Fsp3) is 0.667. The molecular weight excluding hydrogens is 344 g/mol. The van der Waals surface area contributed by atoms with E-state index >= 15 is 0 Å². The number of aliphatic hydroxyl groups is 2. The highest BCUT2D eigenvalue weighted by molar-refractivity contribution is 5.73. The minimum Gasteiger partial charge on any atom is -0.490 e. The lowest BCUT2D eigenvalue weighted by molar-refractivity contribution is -0.149. The number of aliphatic hydroxyl groups excluding tert-OH is 1. The van der Waals surface area contributed by atoms with Crippen LogP contribution in [-0.2, 0) is 4.79 Å². The molecule has 2 fully saturated rings. The maximum atomic E-state index is 11.5. The van der Waals surface area contributed by atoms with Gasteiger partial charge in [0.05, 0.1) is 6.10 Å². The van der Waals surface area contributed by atoms with Gasteiger partial charge in [0.15, 0.2) is 0 Å². The van der Waals surface area contributed by atoms with E-state index in [1.54, 1.807) is 6.92 Å². The molecule has 2 aliphatic heterocycles. The molecule has 0 unspecified atom stereocenters. The summed E-state index contributed by atoms with van der Waals surface area (Å²) in [4.78, 5) is 15.7. The second kappa shape index (κ2) is 8.17. The van der Waals surface area contributed by atoms with Crippen LogP contribution in [0.1, 0.15) is 37.3 Å². The molecule has 27 heavy (non-hydrogen) atoms. The SMILES string of the molecule is CC(=O)N1CCC(N2CC[C@H](O)[C@@](O)(COc3cc(C)cc(C)c3)C2)CC1. The number of carbonyl (C=O) groups is 1. The van der Waals surface area contributed by atoms with Crippen molar-refractivity contribution in [3.63, 3.8) is 0 Å². The van der Waals surface area contributed by atoms with Gasteiger partial charge in [0.25, 0.3) is 0 Å². The lowest BCUT2D eigenvalue weighted by Crippen LogP contribution is -2.62. The van der Waals surface area contributed by atoms with Crippen LogP contribution in [0.5, 0.6) is 5.75 Å². The van der Waals surface area contributed by atoms with Crippen LogP contribution in [0.15, 0.2) is 18.2 Å². The van der Waals surface area contributed by atoms with Crippen molar-refractivity contribution in [2.24, 2.45) is 0 Å². The highest BCUT2D eigenvalue weighted by atomic mass is 16.5. The Bertz CT molecular complexity index is 652. The van der Waals surface area contributed by atoms with Crippen molar-refractivity contribution in [2.75, 3.05) is 32.8 Å². The molecule has 2 heterocycles. The summed E-state index contributed by atoms with van der Waals surface area (Å²) in [5.74, 6) is 0.848. The van der Waals surface area contributed by atoms with Crippen molar-refractivity contribution in [3.05, 3.63) is 29.3 Å². The molecule has 0 aromatic heterocycles. The number of likely N-dealkylation sites (tertiary alicyclic amines) is 2. The second-order valence-electron chi connectivity index (χ2n) is 8.23. The van der Waals surface area contributed by atoms with Crippen molar-refractivity contribution in [1.82, 2.24) is 9.80 Å². The molecule has 2 aliphatic rings. The van der Waals surface area contributed by atoms with Crippen LogP contribution in [0.25, 0.3) is 0 Å². The molecule has 6 heteroatoms. The molecule has 2 N–H and O–H groups in total. The third-order valence-electron chi connectivity index (χ3n) is 5.90.